The number of benzene rings is 2. The Kier molecular flexibility index (Phi) is 4.24. The molecule has 0 aliphatic heterocycles. The van der Waals surface area contributed by atoms with Crippen LogP contribution in [0, 0.1) is 0 Å². The van der Waals surface area contributed by atoms with Crippen LogP contribution in [0.4, 0.5) is 0 Å². The average Bonchev–Trinajstić information content (AvgIpc) is 2.55. The van der Waals surface area contributed by atoms with E-state index in [9.17, 15) is 9.90 Å². The van der Waals surface area contributed by atoms with Gasteiger partial charge in [-0.05, 0) is 29.8 Å². The summed E-state index contributed by atoms with van der Waals surface area (Å²) in [4.78, 5) is 13.1. The normalized spacial score (nSPS) is 11.2. The Bertz CT molecular complexity index is 956. The molecule has 124 valence electrons. The van der Waals surface area contributed by atoms with E-state index >= 15 is 0 Å². The highest BCUT2D eigenvalue weighted by molar-refractivity contribution is 6.30. The molecule has 0 fully saturated rings. The second-order valence-corrected chi connectivity index (χ2v) is 6.26. The van der Waals surface area contributed by atoms with Crippen molar-refractivity contribution in [3.05, 3.63) is 57.4 Å². The summed E-state index contributed by atoms with van der Waals surface area (Å²) in [6.45, 7) is 3.89. The zero-order chi connectivity index (χ0) is 17.4. The van der Waals surface area contributed by atoms with E-state index in [-0.39, 0.29) is 28.4 Å². The monoisotopic (exact) mass is 344 g/mol. The summed E-state index contributed by atoms with van der Waals surface area (Å²) < 4.78 is 11.2. The van der Waals surface area contributed by atoms with Crippen LogP contribution in [0.15, 0.2) is 45.6 Å². The van der Waals surface area contributed by atoms with Crippen LogP contribution in [-0.4, -0.2) is 12.2 Å². The molecule has 0 amide bonds. The first-order valence-corrected chi connectivity index (χ1v) is 7.94. The highest BCUT2D eigenvalue weighted by atomic mass is 35.5. The molecule has 24 heavy (non-hydrogen) atoms. The Morgan fingerprint density at radius 2 is 1.79 bits per heavy atom. The van der Waals surface area contributed by atoms with Crippen molar-refractivity contribution in [2.45, 2.75) is 19.8 Å². The summed E-state index contributed by atoms with van der Waals surface area (Å²) >= 11 is 5.95. The lowest BCUT2D eigenvalue weighted by Gasteiger charge is -2.14. The van der Waals surface area contributed by atoms with Crippen LogP contribution in [0.3, 0.4) is 0 Å². The van der Waals surface area contributed by atoms with Gasteiger partial charge in [-0.2, -0.15) is 0 Å². The van der Waals surface area contributed by atoms with Gasteiger partial charge >= 0.3 is 0 Å². The van der Waals surface area contributed by atoms with Crippen molar-refractivity contribution in [2.75, 3.05) is 7.11 Å². The number of hydrogen-bond donors (Lipinski definition) is 1. The summed E-state index contributed by atoms with van der Waals surface area (Å²) in [5.41, 5.74) is 1.33. The van der Waals surface area contributed by atoms with Crippen LogP contribution in [-0.2, 0) is 0 Å². The van der Waals surface area contributed by atoms with E-state index in [0.717, 1.165) is 5.56 Å². The van der Waals surface area contributed by atoms with Crippen LogP contribution < -0.4 is 10.2 Å². The topological polar surface area (TPSA) is 59.7 Å². The molecule has 2 aromatic carbocycles. The first-order chi connectivity index (χ1) is 11.4. The highest BCUT2D eigenvalue weighted by Crippen LogP contribution is 2.37. The maximum absolute atomic E-state index is 13.1. The standard InChI is InChI=1S/C19H17ClO4/c1-10(2)17-15(11-4-6-12(20)7-5-11)16(22)13-8-9-14(21)19(23-3)18(13)24-17/h4-10,21H,1-3H3. The van der Waals surface area contributed by atoms with Crippen molar-refractivity contribution < 1.29 is 14.3 Å². The van der Waals surface area contributed by atoms with Crippen molar-refractivity contribution in [1.29, 1.82) is 0 Å². The van der Waals surface area contributed by atoms with E-state index in [2.05, 4.69) is 0 Å². The quantitative estimate of drug-likeness (QED) is 0.730. The number of halogens is 1. The number of rotatable bonds is 3. The Morgan fingerprint density at radius 3 is 2.38 bits per heavy atom. The van der Waals surface area contributed by atoms with Crippen LogP contribution in [0.25, 0.3) is 22.1 Å². The second-order valence-electron chi connectivity index (χ2n) is 5.83. The lowest BCUT2D eigenvalue weighted by Crippen LogP contribution is -2.10. The molecule has 0 saturated heterocycles. The van der Waals surface area contributed by atoms with Gasteiger partial charge in [-0.3, -0.25) is 4.79 Å². The van der Waals surface area contributed by atoms with Crippen molar-refractivity contribution >= 4 is 22.6 Å². The number of phenolic OH excluding ortho intramolecular Hbond substituents is 1. The molecule has 1 heterocycles. The third kappa shape index (κ3) is 2.63. The van der Waals surface area contributed by atoms with E-state index in [0.29, 0.717) is 21.7 Å². The Labute approximate surface area is 144 Å². The smallest absolute Gasteiger partial charge is 0.204 e. The van der Waals surface area contributed by atoms with Crippen molar-refractivity contribution in [3.8, 4) is 22.6 Å². The van der Waals surface area contributed by atoms with Crippen LogP contribution in [0.2, 0.25) is 5.02 Å². The minimum absolute atomic E-state index is 0.0279. The minimum atomic E-state index is -0.166. The van der Waals surface area contributed by atoms with Gasteiger partial charge in [0.15, 0.2) is 11.3 Å². The van der Waals surface area contributed by atoms with Crippen LogP contribution in [0.5, 0.6) is 11.5 Å². The summed E-state index contributed by atoms with van der Waals surface area (Å²) in [6, 6.07) is 10.0. The first-order valence-electron chi connectivity index (χ1n) is 7.56. The molecular formula is C19H17ClO4. The molecule has 3 aromatic rings. The molecule has 4 nitrogen and oxygen atoms in total. The molecule has 0 unspecified atom stereocenters. The summed E-state index contributed by atoms with van der Waals surface area (Å²) in [6.07, 6.45) is 0. The second kappa shape index (κ2) is 6.21. The zero-order valence-corrected chi connectivity index (χ0v) is 14.3. The van der Waals surface area contributed by atoms with Gasteiger partial charge in [-0.1, -0.05) is 37.6 Å². The molecule has 1 aromatic heterocycles. The Hall–Kier alpha value is -2.46. The molecule has 1 N–H and O–H groups in total. The van der Waals surface area contributed by atoms with Gasteiger partial charge < -0.3 is 14.3 Å². The number of fused-ring (bicyclic) bond motifs is 1. The largest absolute Gasteiger partial charge is 0.504 e. The molecular weight excluding hydrogens is 328 g/mol. The zero-order valence-electron chi connectivity index (χ0n) is 13.6. The van der Waals surface area contributed by atoms with E-state index in [4.69, 9.17) is 20.8 Å². The lowest BCUT2D eigenvalue weighted by molar-refractivity contribution is 0.367. The average molecular weight is 345 g/mol. The minimum Gasteiger partial charge on any atom is -0.504 e. The summed E-state index contributed by atoms with van der Waals surface area (Å²) in [5, 5.41) is 10.9. The molecule has 0 bridgehead atoms. The predicted octanol–water partition coefficient (Wildman–Crippen LogP) is 4.95. The third-order valence-electron chi connectivity index (χ3n) is 3.88. The third-order valence-corrected chi connectivity index (χ3v) is 4.13. The number of aromatic hydroxyl groups is 1. The van der Waals surface area contributed by atoms with Crippen molar-refractivity contribution in [1.82, 2.24) is 0 Å². The number of phenols is 1. The SMILES string of the molecule is COc1c(O)ccc2c(=O)c(-c3ccc(Cl)cc3)c(C(C)C)oc12. The Balaban J connectivity index is 2.43. The fourth-order valence-electron chi connectivity index (χ4n) is 2.73. The van der Waals surface area contributed by atoms with Crippen molar-refractivity contribution in [2.24, 2.45) is 0 Å². The van der Waals surface area contributed by atoms with E-state index in [1.54, 1.807) is 30.3 Å². The fourth-order valence-corrected chi connectivity index (χ4v) is 2.86. The highest BCUT2D eigenvalue weighted by Gasteiger charge is 2.21. The molecule has 3 rings (SSSR count). The molecule has 0 atom stereocenters. The molecule has 0 saturated carbocycles. The first kappa shape index (κ1) is 16.4. The maximum atomic E-state index is 13.1. The van der Waals surface area contributed by atoms with Gasteiger partial charge in [-0.15, -0.1) is 0 Å². The molecule has 5 heteroatoms. The molecule has 0 spiro atoms. The number of ether oxygens (including phenoxy) is 1. The molecule has 0 aliphatic rings. The number of hydrogen-bond acceptors (Lipinski definition) is 4. The summed E-state index contributed by atoms with van der Waals surface area (Å²) in [7, 11) is 1.43. The van der Waals surface area contributed by atoms with Gasteiger partial charge in [0.2, 0.25) is 11.2 Å². The van der Waals surface area contributed by atoms with Crippen molar-refractivity contribution in [3.63, 3.8) is 0 Å². The van der Waals surface area contributed by atoms with E-state index < -0.39 is 0 Å². The molecule has 0 radical (unpaired) electrons. The van der Waals surface area contributed by atoms with Crippen LogP contribution >= 0.6 is 11.6 Å². The lowest BCUT2D eigenvalue weighted by atomic mass is 9.97. The van der Waals surface area contributed by atoms with E-state index in [1.165, 1.54) is 13.2 Å². The van der Waals surface area contributed by atoms with Gasteiger partial charge in [0, 0.05) is 10.9 Å². The number of methoxy groups -OCH3 is 1. The van der Waals surface area contributed by atoms with Gasteiger partial charge in [0.25, 0.3) is 0 Å². The van der Waals surface area contributed by atoms with E-state index in [1.807, 2.05) is 13.8 Å². The van der Waals surface area contributed by atoms with Gasteiger partial charge in [0.05, 0.1) is 18.1 Å². The predicted molar refractivity (Wildman–Crippen MR) is 95.2 cm³/mol. The Morgan fingerprint density at radius 1 is 1.12 bits per heavy atom. The summed E-state index contributed by atoms with van der Waals surface area (Å²) in [5.74, 6) is 0.606. The van der Waals surface area contributed by atoms with Gasteiger partial charge in [-0.25, -0.2) is 0 Å². The fraction of sp³-hybridized carbons (Fsp3) is 0.211. The van der Waals surface area contributed by atoms with Gasteiger partial charge in [0.1, 0.15) is 5.76 Å². The molecule has 0 aliphatic carbocycles. The van der Waals surface area contributed by atoms with Crippen LogP contribution in [0.1, 0.15) is 25.5 Å². The maximum Gasteiger partial charge on any atom is 0.204 e.